The summed E-state index contributed by atoms with van der Waals surface area (Å²) in [7, 11) is 0. The van der Waals surface area contributed by atoms with Crippen LogP contribution in [0.25, 0.3) is 22.2 Å². The lowest BCUT2D eigenvalue weighted by atomic mass is 10.0. The molecule has 3 rings (SSSR count). The molecule has 0 unspecified atom stereocenters. The van der Waals surface area contributed by atoms with E-state index < -0.39 is 5.60 Å². The first-order chi connectivity index (χ1) is 10.3. The van der Waals surface area contributed by atoms with Gasteiger partial charge < -0.3 is 10.1 Å². The van der Waals surface area contributed by atoms with Crippen molar-refractivity contribution in [2.45, 2.75) is 26.0 Å². The van der Waals surface area contributed by atoms with E-state index in [1.165, 1.54) is 16.7 Å². The minimum Gasteiger partial charge on any atom is -0.389 e. The zero-order valence-corrected chi connectivity index (χ0v) is 12.4. The largest absolute Gasteiger partial charge is 0.389 e. The van der Waals surface area contributed by atoms with Gasteiger partial charge in [0.1, 0.15) is 5.82 Å². The second kappa shape index (κ2) is 5.10. The van der Waals surface area contributed by atoms with E-state index in [0.29, 0.717) is 5.52 Å². The maximum atomic E-state index is 13.0. The number of benzene rings is 2. The molecule has 0 amide bonds. The third kappa shape index (κ3) is 2.80. The molecule has 1 heterocycles. The Morgan fingerprint density at radius 2 is 1.77 bits per heavy atom. The molecule has 5 heteroatoms. The first kappa shape index (κ1) is 14.5. The Labute approximate surface area is 126 Å². The maximum absolute atomic E-state index is 13.0. The molecule has 1 aromatic heterocycles. The minimum atomic E-state index is -0.978. The number of aromatic nitrogens is 2. The Bertz CT molecular complexity index is 870. The lowest BCUT2D eigenvalue weighted by Crippen LogP contribution is -2.31. The van der Waals surface area contributed by atoms with Gasteiger partial charge in [-0.25, -0.2) is 9.18 Å². The third-order valence-corrected chi connectivity index (χ3v) is 3.50. The highest BCUT2D eigenvalue weighted by Crippen LogP contribution is 2.24. The van der Waals surface area contributed by atoms with Crippen molar-refractivity contribution in [1.29, 1.82) is 0 Å². The number of hydrogen-bond donors (Lipinski definition) is 2. The molecular weight excluding hydrogens is 283 g/mol. The Hall–Kier alpha value is -2.40. The zero-order chi connectivity index (χ0) is 15.9. The first-order valence-electron chi connectivity index (χ1n) is 7.04. The van der Waals surface area contributed by atoms with Crippen LogP contribution in [0.1, 0.15) is 13.8 Å². The van der Waals surface area contributed by atoms with Crippen LogP contribution in [0.5, 0.6) is 0 Å². The molecule has 2 aromatic carbocycles. The fourth-order valence-electron chi connectivity index (χ4n) is 2.53. The van der Waals surface area contributed by atoms with Crippen molar-refractivity contribution in [2.75, 3.05) is 0 Å². The van der Waals surface area contributed by atoms with Crippen molar-refractivity contribution >= 4 is 11.0 Å². The fourth-order valence-corrected chi connectivity index (χ4v) is 2.53. The summed E-state index contributed by atoms with van der Waals surface area (Å²) in [6.07, 6.45) is 0. The molecule has 114 valence electrons. The van der Waals surface area contributed by atoms with E-state index >= 15 is 0 Å². The number of rotatable bonds is 3. The molecule has 0 spiro atoms. The van der Waals surface area contributed by atoms with Gasteiger partial charge in [-0.05, 0) is 49.2 Å². The van der Waals surface area contributed by atoms with Crippen LogP contribution in [0.3, 0.4) is 0 Å². The molecule has 0 aliphatic rings. The average molecular weight is 300 g/mol. The normalized spacial score (nSPS) is 12.0. The van der Waals surface area contributed by atoms with Gasteiger partial charge in [-0.3, -0.25) is 4.57 Å². The van der Waals surface area contributed by atoms with E-state index in [-0.39, 0.29) is 18.1 Å². The zero-order valence-electron chi connectivity index (χ0n) is 12.4. The molecule has 22 heavy (non-hydrogen) atoms. The number of hydrogen-bond acceptors (Lipinski definition) is 2. The summed E-state index contributed by atoms with van der Waals surface area (Å²) in [5.41, 5.74) is 1.96. The van der Waals surface area contributed by atoms with Gasteiger partial charge in [0.05, 0.1) is 23.2 Å². The number of halogens is 1. The van der Waals surface area contributed by atoms with Crippen molar-refractivity contribution in [1.82, 2.24) is 9.55 Å². The average Bonchev–Trinajstić information content (AvgIpc) is 2.73. The van der Waals surface area contributed by atoms with Crippen LogP contribution < -0.4 is 5.69 Å². The number of imidazole rings is 1. The molecule has 0 saturated carbocycles. The fraction of sp³-hybridized carbons (Fsp3) is 0.235. The topological polar surface area (TPSA) is 58.0 Å². The highest BCUT2D eigenvalue weighted by atomic mass is 19.1. The minimum absolute atomic E-state index is 0.210. The monoisotopic (exact) mass is 300 g/mol. The van der Waals surface area contributed by atoms with Crippen LogP contribution in [0.15, 0.2) is 47.3 Å². The van der Waals surface area contributed by atoms with E-state index in [1.807, 2.05) is 18.2 Å². The molecule has 4 nitrogen and oxygen atoms in total. The van der Waals surface area contributed by atoms with Crippen molar-refractivity contribution < 1.29 is 9.50 Å². The molecule has 0 fully saturated rings. The highest BCUT2D eigenvalue weighted by Gasteiger charge is 2.17. The summed E-state index contributed by atoms with van der Waals surface area (Å²) in [6.45, 7) is 3.53. The van der Waals surface area contributed by atoms with E-state index in [9.17, 15) is 14.3 Å². The van der Waals surface area contributed by atoms with Gasteiger partial charge in [-0.1, -0.05) is 18.2 Å². The van der Waals surface area contributed by atoms with Crippen LogP contribution in [0.2, 0.25) is 0 Å². The van der Waals surface area contributed by atoms with E-state index in [0.717, 1.165) is 16.6 Å². The van der Waals surface area contributed by atoms with Crippen molar-refractivity contribution in [3.63, 3.8) is 0 Å². The smallest absolute Gasteiger partial charge is 0.326 e. The van der Waals surface area contributed by atoms with Gasteiger partial charge >= 0.3 is 5.69 Å². The van der Waals surface area contributed by atoms with Gasteiger partial charge in [-0.2, -0.15) is 0 Å². The van der Waals surface area contributed by atoms with Gasteiger partial charge in [-0.15, -0.1) is 0 Å². The molecular formula is C17H17FN2O2. The Balaban J connectivity index is 2.08. The Morgan fingerprint density at radius 3 is 2.41 bits per heavy atom. The standard InChI is InChI=1S/C17H17FN2O2/c1-17(2,22)10-20-15-8-5-12(9-14(15)19-16(20)21)11-3-6-13(18)7-4-11/h3-9,22H,10H2,1-2H3,(H,19,21). The summed E-state index contributed by atoms with van der Waals surface area (Å²) in [5.74, 6) is -0.283. The van der Waals surface area contributed by atoms with Gasteiger partial charge in [0.25, 0.3) is 0 Å². The summed E-state index contributed by atoms with van der Waals surface area (Å²) < 4.78 is 14.5. The van der Waals surface area contributed by atoms with E-state index in [2.05, 4.69) is 4.98 Å². The highest BCUT2D eigenvalue weighted by molar-refractivity contribution is 5.82. The Morgan fingerprint density at radius 1 is 1.14 bits per heavy atom. The van der Waals surface area contributed by atoms with Crippen LogP contribution >= 0.6 is 0 Å². The number of nitrogens with zero attached hydrogens (tertiary/aromatic N) is 1. The summed E-state index contributed by atoms with van der Waals surface area (Å²) in [4.78, 5) is 14.8. The van der Waals surface area contributed by atoms with Crippen LogP contribution in [-0.4, -0.2) is 20.3 Å². The van der Waals surface area contributed by atoms with E-state index in [4.69, 9.17) is 0 Å². The number of H-pyrrole nitrogens is 1. The summed E-state index contributed by atoms with van der Waals surface area (Å²) in [6, 6.07) is 11.8. The molecule has 0 radical (unpaired) electrons. The molecule has 0 bridgehead atoms. The number of fused-ring (bicyclic) bond motifs is 1. The summed E-state index contributed by atoms with van der Waals surface area (Å²) >= 11 is 0. The van der Waals surface area contributed by atoms with Crippen molar-refractivity contribution in [2.24, 2.45) is 0 Å². The van der Waals surface area contributed by atoms with E-state index in [1.54, 1.807) is 26.0 Å². The van der Waals surface area contributed by atoms with Crippen LogP contribution in [0, 0.1) is 5.82 Å². The third-order valence-electron chi connectivity index (χ3n) is 3.50. The molecule has 0 saturated heterocycles. The van der Waals surface area contributed by atoms with Gasteiger partial charge in [0.15, 0.2) is 0 Å². The quantitative estimate of drug-likeness (QED) is 0.781. The molecule has 0 aliphatic carbocycles. The SMILES string of the molecule is CC(C)(O)Cn1c(=O)[nH]c2cc(-c3ccc(F)cc3)ccc21. The van der Waals surface area contributed by atoms with Crippen LogP contribution in [0.4, 0.5) is 4.39 Å². The lowest BCUT2D eigenvalue weighted by Gasteiger charge is -2.17. The second-order valence-corrected chi connectivity index (χ2v) is 6.07. The number of nitrogens with one attached hydrogen (secondary N) is 1. The van der Waals surface area contributed by atoms with Crippen molar-refractivity contribution in [3.8, 4) is 11.1 Å². The van der Waals surface area contributed by atoms with Crippen molar-refractivity contribution in [3.05, 3.63) is 58.8 Å². The summed E-state index contributed by atoms with van der Waals surface area (Å²) in [5, 5.41) is 9.92. The maximum Gasteiger partial charge on any atom is 0.326 e. The number of aromatic amines is 1. The molecule has 2 N–H and O–H groups in total. The lowest BCUT2D eigenvalue weighted by molar-refractivity contribution is 0.0617. The predicted molar refractivity (Wildman–Crippen MR) is 84.3 cm³/mol. The van der Waals surface area contributed by atoms with Gasteiger partial charge in [0, 0.05) is 0 Å². The molecule has 0 aliphatic heterocycles. The molecule has 0 atom stereocenters. The second-order valence-electron chi connectivity index (χ2n) is 6.07. The predicted octanol–water partition coefficient (Wildman–Crippen LogP) is 2.91. The van der Waals surface area contributed by atoms with Gasteiger partial charge in [0.2, 0.25) is 0 Å². The Kier molecular flexibility index (Phi) is 3.37. The van der Waals surface area contributed by atoms with Crippen LogP contribution in [-0.2, 0) is 6.54 Å². The molecule has 3 aromatic rings. The first-order valence-corrected chi connectivity index (χ1v) is 7.04. The number of aliphatic hydroxyl groups is 1.